The van der Waals surface area contributed by atoms with Crippen molar-refractivity contribution in [1.29, 1.82) is 0 Å². The average molecular weight is 327 g/mol. The highest BCUT2D eigenvalue weighted by Gasteiger charge is 2.14. The highest BCUT2D eigenvalue weighted by Crippen LogP contribution is 2.22. The second-order valence-electron chi connectivity index (χ2n) is 5.11. The number of halogens is 1. The Morgan fingerprint density at radius 3 is 2.61 bits per heavy atom. The number of aromatic nitrogens is 3. The Labute approximate surface area is 138 Å². The lowest BCUT2D eigenvalue weighted by molar-refractivity contribution is 0.794. The molecule has 0 atom stereocenters. The second-order valence-corrected chi connectivity index (χ2v) is 5.49. The van der Waals surface area contributed by atoms with Gasteiger partial charge in [-0.2, -0.15) is 9.78 Å². The van der Waals surface area contributed by atoms with Crippen LogP contribution in [0.1, 0.15) is 5.56 Å². The highest BCUT2D eigenvalue weighted by atomic mass is 35.5. The summed E-state index contributed by atoms with van der Waals surface area (Å²) >= 11 is 6.28. The molecule has 5 nitrogen and oxygen atoms in total. The molecule has 2 heterocycles. The van der Waals surface area contributed by atoms with Gasteiger partial charge < -0.3 is 4.90 Å². The van der Waals surface area contributed by atoms with Crippen LogP contribution >= 0.6 is 11.6 Å². The maximum atomic E-state index is 12.5. The van der Waals surface area contributed by atoms with Crippen LogP contribution in [0.15, 0.2) is 65.8 Å². The first-order valence-corrected chi connectivity index (χ1v) is 7.48. The number of hydrogen-bond donors (Lipinski definition) is 0. The van der Waals surface area contributed by atoms with Crippen LogP contribution < -0.4 is 10.5 Å². The first kappa shape index (κ1) is 15.2. The third-order valence-corrected chi connectivity index (χ3v) is 3.81. The van der Waals surface area contributed by atoms with E-state index in [1.165, 1.54) is 4.68 Å². The summed E-state index contributed by atoms with van der Waals surface area (Å²) in [6, 6.07) is 13.0. The summed E-state index contributed by atoms with van der Waals surface area (Å²) in [5.41, 5.74) is 1.96. The SMILES string of the molecule is CN(Cc1cccnc1)c1cnn(-c2ccccc2)c(=O)c1Cl. The van der Waals surface area contributed by atoms with Gasteiger partial charge in [0.15, 0.2) is 0 Å². The molecule has 0 aliphatic heterocycles. The van der Waals surface area contributed by atoms with Crippen molar-refractivity contribution in [2.24, 2.45) is 0 Å². The molecule has 0 fully saturated rings. The van der Waals surface area contributed by atoms with E-state index in [2.05, 4.69) is 10.1 Å². The molecule has 0 bridgehead atoms. The predicted octanol–water partition coefficient (Wildman–Crippen LogP) is 2.92. The normalized spacial score (nSPS) is 10.5. The molecule has 6 heteroatoms. The van der Waals surface area contributed by atoms with E-state index in [4.69, 9.17) is 11.6 Å². The van der Waals surface area contributed by atoms with E-state index in [0.717, 1.165) is 5.56 Å². The monoisotopic (exact) mass is 326 g/mol. The van der Waals surface area contributed by atoms with Gasteiger partial charge in [0.2, 0.25) is 0 Å². The Bertz CT molecular complexity index is 849. The molecule has 0 N–H and O–H groups in total. The summed E-state index contributed by atoms with van der Waals surface area (Å²) in [6.45, 7) is 0.587. The molecule has 0 saturated carbocycles. The van der Waals surface area contributed by atoms with Crippen molar-refractivity contribution in [1.82, 2.24) is 14.8 Å². The number of rotatable bonds is 4. The van der Waals surface area contributed by atoms with Crippen LogP contribution in [-0.2, 0) is 6.54 Å². The molecule has 0 radical (unpaired) electrons. The number of para-hydroxylation sites is 1. The van der Waals surface area contributed by atoms with Crippen LogP contribution in [0.5, 0.6) is 0 Å². The Morgan fingerprint density at radius 2 is 1.91 bits per heavy atom. The summed E-state index contributed by atoms with van der Waals surface area (Å²) in [5.74, 6) is 0. The maximum Gasteiger partial charge on any atom is 0.292 e. The standard InChI is InChI=1S/C17H15ClN4O/c1-21(12-13-6-5-9-19-10-13)15-11-20-22(17(23)16(15)18)14-7-3-2-4-8-14/h2-11H,12H2,1H3. The predicted molar refractivity (Wildman–Crippen MR) is 91.2 cm³/mol. The molecule has 3 aromatic rings. The highest BCUT2D eigenvalue weighted by molar-refractivity contribution is 6.33. The Morgan fingerprint density at radius 1 is 1.13 bits per heavy atom. The Kier molecular flexibility index (Phi) is 4.39. The smallest absolute Gasteiger partial charge is 0.292 e. The molecule has 116 valence electrons. The van der Waals surface area contributed by atoms with Crippen molar-refractivity contribution in [3.8, 4) is 5.69 Å². The lowest BCUT2D eigenvalue weighted by Crippen LogP contribution is -2.26. The summed E-state index contributed by atoms with van der Waals surface area (Å²) in [7, 11) is 1.86. The summed E-state index contributed by atoms with van der Waals surface area (Å²) in [5, 5.41) is 4.38. The van der Waals surface area contributed by atoms with E-state index in [0.29, 0.717) is 17.9 Å². The van der Waals surface area contributed by atoms with Gasteiger partial charge in [-0.1, -0.05) is 35.9 Å². The van der Waals surface area contributed by atoms with Gasteiger partial charge in [0, 0.05) is 26.0 Å². The fourth-order valence-electron chi connectivity index (χ4n) is 2.29. The van der Waals surface area contributed by atoms with Crippen molar-refractivity contribution in [2.45, 2.75) is 6.54 Å². The molecule has 0 spiro atoms. The fourth-order valence-corrected chi connectivity index (χ4v) is 2.57. The number of hydrogen-bond acceptors (Lipinski definition) is 4. The van der Waals surface area contributed by atoms with Crippen LogP contribution in [0, 0.1) is 0 Å². The van der Waals surface area contributed by atoms with Crippen molar-refractivity contribution in [2.75, 3.05) is 11.9 Å². The van der Waals surface area contributed by atoms with Crippen molar-refractivity contribution in [3.63, 3.8) is 0 Å². The summed E-state index contributed by atoms with van der Waals surface area (Å²) in [4.78, 5) is 18.4. The first-order chi connectivity index (χ1) is 11.2. The summed E-state index contributed by atoms with van der Waals surface area (Å²) < 4.78 is 1.30. The number of nitrogens with zero attached hydrogens (tertiary/aromatic N) is 4. The minimum Gasteiger partial charge on any atom is -0.368 e. The van der Waals surface area contributed by atoms with Crippen molar-refractivity contribution >= 4 is 17.3 Å². The molecule has 3 rings (SSSR count). The van der Waals surface area contributed by atoms with Gasteiger partial charge in [0.1, 0.15) is 5.02 Å². The molecule has 23 heavy (non-hydrogen) atoms. The van der Waals surface area contributed by atoms with E-state index >= 15 is 0 Å². The van der Waals surface area contributed by atoms with Gasteiger partial charge in [0.05, 0.1) is 17.6 Å². The van der Waals surface area contributed by atoms with Gasteiger partial charge in [0.25, 0.3) is 5.56 Å². The molecular formula is C17H15ClN4O. The molecule has 0 aliphatic rings. The lowest BCUT2D eigenvalue weighted by atomic mass is 10.2. The van der Waals surface area contributed by atoms with Crippen LogP contribution in [0.3, 0.4) is 0 Å². The second kappa shape index (κ2) is 6.62. The van der Waals surface area contributed by atoms with E-state index in [9.17, 15) is 4.79 Å². The van der Waals surface area contributed by atoms with E-state index in [1.54, 1.807) is 18.6 Å². The minimum absolute atomic E-state index is 0.148. The quantitative estimate of drug-likeness (QED) is 0.739. The zero-order valence-electron chi connectivity index (χ0n) is 12.6. The molecule has 2 aromatic heterocycles. The lowest BCUT2D eigenvalue weighted by Gasteiger charge is -2.20. The zero-order chi connectivity index (χ0) is 16.2. The number of pyridine rings is 1. The van der Waals surface area contributed by atoms with Crippen molar-refractivity contribution < 1.29 is 0 Å². The van der Waals surface area contributed by atoms with E-state index in [-0.39, 0.29) is 10.6 Å². The molecule has 0 saturated heterocycles. The maximum absolute atomic E-state index is 12.5. The molecular weight excluding hydrogens is 312 g/mol. The fraction of sp³-hybridized carbons (Fsp3) is 0.118. The largest absolute Gasteiger partial charge is 0.368 e. The third-order valence-electron chi connectivity index (χ3n) is 3.46. The third kappa shape index (κ3) is 3.24. The van der Waals surface area contributed by atoms with Crippen LogP contribution in [-0.4, -0.2) is 21.8 Å². The van der Waals surface area contributed by atoms with Gasteiger partial charge in [-0.05, 0) is 23.8 Å². The topological polar surface area (TPSA) is 51.0 Å². The van der Waals surface area contributed by atoms with E-state index in [1.807, 2.05) is 54.4 Å². The number of benzene rings is 1. The molecule has 0 aliphatic carbocycles. The first-order valence-electron chi connectivity index (χ1n) is 7.10. The number of anilines is 1. The van der Waals surface area contributed by atoms with E-state index < -0.39 is 0 Å². The van der Waals surface area contributed by atoms with Gasteiger partial charge >= 0.3 is 0 Å². The van der Waals surface area contributed by atoms with Crippen molar-refractivity contribution in [3.05, 3.63) is 82.0 Å². The average Bonchev–Trinajstić information content (AvgIpc) is 2.59. The van der Waals surface area contributed by atoms with Crippen LogP contribution in [0.4, 0.5) is 5.69 Å². The summed E-state index contributed by atoms with van der Waals surface area (Å²) in [6.07, 6.45) is 5.11. The molecule has 1 aromatic carbocycles. The minimum atomic E-state index is -0.339. The van der Waals surface area contributed by atoms with Crippen LogP contribution in [0.25, 0.3) is 5.69 Å². The van der Waals surface area contributed by atoms with Gasteiger partial charge in [-0.25, -0.2) is 0 Å². The Hall–Kier alpha value is -2.66. The van der Waals surface area contributed by atoms with Crippen LogP contribution in [0.2, 0.25) is 5.02 Å². The molecule has 0 unspecified atom stereocenters. The molecule has 0 amide bonds. The van der Waals surface area contributed by atoms with Gasteiger partial charge in [-0.15, -0.1) is 0 Å². The Balaban J connectivity index is 1.93. The zero-order valence-corrected chi connectivity index (χ0v) is 13.3. The van der Waals surface area contributed by atoms with Gasteiger partial charge in [-0.3, -0.25) is 9.78 Å².